The molecule has 6 nitrogen and oxygen atoms in total. The van der Waals surface area contributed by atoms with Crippen LogP contribution >= 0.6 is 15.9 Å². The van der Waals surface area contributed by atoms with Crippen molar-refractivity contribution in [1.29, 1.82) is 0 Å². The number of esters is 1. The molecule has 1 N–H and O–H groups in total. The largest absolute Gasteiger partial charge is 0.468 e. The van der Waals surface area contributed by atoms with E-state index in [1.165, 1.54) is 7.11 Å². The van der Waals surface area contributed by atoms with Gasteiger partial charge in [-0.05, 0) is 18.2 Å². The Balaban J connectivity index is 1.95. The second kappa shape index (κ2) is 7.01. The topological polar surface area (TPSA) is 83.9 Å². The van der Waals surface area contributed by atoms with Gasteiger partial charge in [0.2, 0.25) is 0 Å². The normalized spacial score (nSPS) is 18.6. The molecule has 1 atom stereocenters. The molecule has 26 heavy (non-hydrogen) atoms. The Bertz CT molecular complexity index is 880. The van der Waals surface area contributed by atoms with Crippen LogP contribution in [0.1, 0.15) is 22.3 Å². The number of nitrogens with zero attached hydrogens (tertiary/aromatic N) is 1. The number of carbonyl (C=O) groups excluding carboxylic acids is 3. The van der Waals surface area contributed by atoms with E-state index in [-0.39, 0.29) is 12.3 Å². The van der Waals surface area contributed by atoms with E-state index in [9.17, 15) is 19.5 Å². The van der Waals surface area contributed by atoms with E-state index in [4.69, 9.17) is 0 Å². The lowest BCUT2D eigenvalue weighted by atomic mass is 9.88. The van der Waals surface area contributed by atoms with E-state index in [1.807, 2.05) is 0 Å². The molecule has 1 heterocycles. The van der Waals surface area contributed by atoms with Crippen LogP contribution in [0.2, 0.25) is 0 Å². The maximum Gasteiger partial charge on any atom is 0.325 e. The van der Waals surface area contributed by atoms with E-state index in [2.05, 4.69) is 20.7 Å². The summed E-state index contributed by atoms with van der Waals surface area (Å²) in [5.74, 6) is -1.70. The smallest absolute Gasteiger partial charge is 0.325 e. The predicted molar refractivity (Wildman–Crippen MR) is 97.8 cm³/mol. The van der Waals surface area contributed by atoms with Gasteiger partial charge in [0, 0.05) is 15.6 Å². The molecule has 1 aliphatic rings. The zero-order chi connectivity index (χ0) is 18.9. The molecule has 3 rings (SSSR count). The van der Waals surface area contributed by atoms with E-state index in [0.717, 1.165) is 9.37 Å². The summed E-state index contributed by atoms with van der Waals surface area (Å²) in [5.41, 5.74) is -0.930. The molecule has 1 aliphatic heterocycles. The Kier molecular flexibility index (Phi) is 4.93. The minimum absolute atomic E-state index is 0.305. The lowest BCUT2D eigenvalue weighted by Gasteiger charge is -2.22. The van der Waals surface area contributed by atoms with E-state index < -0.39 is 23.9 Å². The van der Waals surface area contributed by atoms with Crippen LogP contribution in [0.4, 0.5) is 5.69 Å². The number of halogens is 1. The van der Waals surface area contributed by atoms with Crippen molar-refractivity contribution in [2.45, 2.75) is 12.0 Å². The molecule has 134 valence electrons. The Morgan fingerprint density at radius 1 is 1.15 bits per heavy atom. The van der Waals surface area contributed by atoms with E-state index in [1.54, 1.807) is 48.5 Å². The summed E-state index contributed by atoms with van der Waals surface area (Å²) in [6.45, 7) is -0.332. The molecule has 2 aromatic carbocycles. The third-order valence-corrected chi connectivity index (χ3v) is 4.87. The van der Waals surface area contributed by atoms with E-state index >= 15 is 0 Å². The van der Waals surface area contributed by atoms with Crippen LogP contribution in [0.5, 0.6) is 0 Å². The van der Waals surface area contributed by atoms with Crippen molar-refractivity contribution in [3.63, 3.8) is 0 Å². The van der Waals surface area contributed by atoms with Crippen molar-refractivity contribution < 1.29 is 24.2 Å². The van der Waals surface area contributed by atoms with Crippen LogP contribution in [0.3, 0.4) is 0 Å². The molecule has 1 amide bonds. The summed E-state index contributed by atoms with van der Waals surface area (Å²) < 4.78 is 5.44. The van der Waals surface area contributed by atoms with Gasteiger partial charge in [-0.25, -0.2) is 0 Å². The SMILES string of the molecule is COC(=O)CN1C(=O)[C@@](O)(CC(=O)c2ccc(Br)cc2)c2ccccc21. The van der Waals surface area contributed by atoms with Crippen molar-refractivity contribution in [3.05, 3.63) is 64.1 Å². The molecule has 0 saturated carbocycles. The van der Waals surface area contributed by atoms with Gasteiger partial charge in [-0.15, -0.1) is 0 Å². The second-order valence-corrected chi connectivity index (χ2v) is 6.87. The number of methoxy groups -OCH3 is 1. The number of hydrogen-bond donors (Lipinski definition) is 1. The van der Waals surface area contributed by atoms with Gasteiger partial charge in [0.1, 0.15) is 6.54 Å². The van der Waals surface area contributed by atoms with Gasteiger partial charge in [-0.2, -0.15) is 0 Å². The molecule has 0 fully saturated rings. The summed E-state index contributed by atoms with van der Waals surface area (Å²) >= 11 is 3.30. The number of ether oxygens (including phenoxy) is 1. The summed E-state index contributed by atoms with van der Waals surface area (Å²) in [6, 6.07) is 13.2. The molecule has 0 unspecified atom stereocenters. The zero-order valence-electron chi connectivity index (χ0n) is 13.9. The van der Waals surface area contributed by atoms with Crippen LogP contribution < -0.4 is 4.90 Å². The second-order valence-electron chi connectivity index (χ2n) is 5.95. The predicted octanol–water partition coefficient (Wildman–Crippen LogP) is 2.43. The van der Waals surface area contributed by atoms with Gasteiger partial charge >= 0.3 is 5.97 Å². The molecule has 0 saturated heterocycles. The number of rotatable bonds is 5. The lowest BCUT2D eigenvalue weighted by Crippen LogP contribution is -2.43. The van der Waals surface area contributed by atoms with Crippen LogP contribution in [-0.4, -0.2) is 36.4 Å². The van der Waals surface area contributed by atoms with Crippen LogP contribution in [0.15, 0.2) is 53.0 Å². The fourth-order valence-electron chi connectivity index (χ4n) is 3.00. The first-order valence-electron chi connectivity index (χ1n) is 7.86. The number of para-hydroxylation sites is 1. The third-order valence-electron chi connectivity index (χ3n) is 4.34. The van der Waals surface area contributed by atoms with E-state index in [0.29, 0.717) is 16.8 Å². The number of Topliss-reactive ketones (excluding diaryl/α,β-unsaturated/α-hetero) is 1. The summed E-state index contributed by atoms with van der Waals surface area (Å²) in [5, 5.41) is 11.1. The minimum atomic E-state index is -2.02. The van der Waals surface area contributed by atoms with Gasteiger partial charge in [-0.1, -0.05) is 46.3 Å². The van der Waals surface area contributed by atoms with Crippen LogP contribution in [-0.2, 0) is 19.9 Å². The first-order valence-corrected chi connectivity index (χ1v) is 8.65. The molecular weight excluding hydrogens is 402 g/mol. The number of ketones is 1. The van der Waals surface area contributed by atoms with Crippen molar-refractivity contribution in [1.82, 2.24) is 0 Å². The maximum absolute atomic E-state index is 12.9. The van der Waals surface area contributed by atoms with Crippen molar-refractivity contribution >= 4 is 39.3 Å². The zero-order valence-corrected chi connectivity index (χ0v) is 15.5. The number of benzene rings is 2. The highest BCUT2D eigenvalue weighted by molar-refractivity contribution is 9.10. The van der Waals surface area contributed by atoms with Gasteiger partial charge in [-0.3, -0.25) is 19.3 Å². The molecule has 0 aromatic heterocycles. The van der Waals surface area contributed by atoms with Crippen LogP contribution in [0, 0.1) is 0 Å². The first kappa shape index (κ1) is 18.3. The number of fused-ring (bicyclic) bond motifs is 1. The highest BCUT2D eigenvalue weighted by Gasteiger charge is 2.51. The Morgan fingerprint density at radius 2 is 1.81 bits per heavy atom. The number of carbonyl (C=O) groups is 3. The number of aliphatic hydroxyl groups is 1. The molecule has 0 spiro atoms. The fraction of sp³-hybridized carbons (Fsp3) is 0.211. The van der Waals surface area contributed by atoms with Crippen molar-refractivity contribution in [2.75, 3.05) is 18.6 Å². The summed E-state index contributed by atoms with van der Waals surface area (Å²) in [7, 11) is 1.22. The molecule has 0 radical (unpaired) electrons. The number of hydrogen-bond acceptors (Lipinski definition) is 5. The van der Waals surface area contributed by atoms with Gasteiger partial charge < -0.3 is 9.84 Å². The molecular formula is C19H16BrNO5. The first-order chi connectivity index (χ1) is 12.4. The highest BCUT2D eigenvalue weighted by Crippen LogP contribution is 2.42. The quantitative estimate of drug-likeness (QED) is 0.596. The monoisotopic (exact) mass is 417 g/mol. The molecule has 7 heteroatoms. The standard InChI is InChI=1S/C19H16BrNO5/c1-26-17(23)11-21-15-5-3-2-4-14(15)19(25,18(21)24)10-16(22)12-6-8-13(20)9-7-12/h2-9,25H,10-11H2,1H3/t19-/m1/s1. The molecule has 2 aromatic rings. The summed E-state index contributed by atoms with van der Waals surface area (Å²) in [4.78, 5) is 38.3. The Labute approximate surface area is 158 Å². The van der Waals surface area contributed by atoms with Gasteiger partial charge in [0.05, 0.1) is 19.2 Å². The molecule has 0 bridgehead atoms. The maximum atomic E-state index is 12.9. The Morgan fingerprint density at radius 3 is 2.46 bits per heavy atom. The average Bonchev–Trinajstić information content (AvgIpc) is 2.84. The average molecular weight is 418 g/mol. The van der Waals surface area contributed by atoms with Crippen molar-refractivity contribution in [3.8, 4) is 0 Å². The minimum Gasteiger partial charge on any atom is -0.468 e. The van der Waals surface area contributed by atoms with Crippen LogP contribution in [0.25, 0.3) is 0 Å². The van der Waals surface area contributed by atoms with Gasteiger partial charge in [0.25, 0.3) is 5.91 Å². The number of amides is 1. The van der Waals surface area contributed by atoms with Crippen molar-refractivity contribution in [2.24, 2.45) is 0 Å². The molecule has 0 aliphatic carbocycles. The van der Waals surface area contributed by atoms with Gasteiger partial charge in [0.15, 0.2) is 11.4 Å². The fourth-order valence-corrected chi connectivity index (χ4v) is 3.26. The highest BCUT2D eigenvalue weighted by atomic mass is 79.9. The Hall–Kier alpha value is -2.51. The lowest BCUT2D eigenvalue weighted by molar-refractivity contribution is -0.142. The third kappa shape index (κ3) is 3.15. The number of anilines is 1. The summed E-state index contributed by atoms with van der Waals surface area (Å²) in [6.07, 6.45) is -0.415.